The van der Waals surface area contributed by atoms with Crippen molar-refractivity contribution in [2.24, 2.45) is 0 Å². The Morgan fingerprint density at radius 1 is 0.909 bits per heavy atom. The molecule has 4 rings (SSSR count). The molecule has 4 nitrogen and oxygen atoms in total. The number of pyridine rings is 1. The monoisotopic (exact) mass is 445 g/mol. The summed E-state index contributed by atoms with van der Waals surface area (Å²) in [6.45, 7) is 5.57. The molecule has 1 fully saturated rings. The van der Waals surface area contributed by atoms with Gasteiger partial charge in [0.15, 0.2) is 11.3 Å². The summed E-state index contributed by atoms with van der Waals surface area (Å²) in [6.07, 6.45) is 7.00. The van der Waals surface area contributed by atoms with E-state index in [0.29, 0.717) is 12.5 Å². The molecule has 33 heavy (non-hydrogen) atoms. The molecule has 1 aliphatic heterocycles. The predicted octanol–water partition coefficient (Wildman–Crippen LogP) is 5.90. The highest BCUT2D eigenvalue weighted by atomic mass is 16.5. The Kier molecular flexibility index (Phi) is 8.01. The van der Waals surface area contributed by atoms with Crippen LogP contribution in [0.3, 0.4) is 0 Å². The summed E-state index contributed by atoms with van der Waals surface area (Å²) in [5, 5.41) is 0. The van der Waals surface area contributed by atoms with Crippen LogP contribution < -0.4 is 10.2 Å². The van der Waals surface area contributed by atoms with Crippen LogP contribution in [0.25, 0.3) is 11.1 Å². The minimum Gasteiger partial charge on any atom is -0.476 e. The zero-order valence-electron chi connectivity index (χ0n) is 19.9. The van der Waals surface area contributed by atoms with E-state index >= 15 is 0 Å². The van der Waals surface area contributed by atoms with Gasteiger partial charge in [-0.3, -0.25) is 4.79 Å². The predicted molar refractivity (Wildman–Crippen MR) is 134 cm³/mol. The molecule has 3 aromatic rings. The van der Waals surface area contributed by atoms with Gasteiger partial charge in [-0.1, -0.05) is 62.4 Å². The van der Waals surface area contributed by atoms with E-state index in [1.165, 1.54) is 23.1 Å². The average molecular weight is 446 g/mol. The van der Waals surface area contributed by atoms with Crippen molar-refractivity contribution in [3.8, 4) is 17.0 Å². The Morgan fingerprint density at radius 2 is 1.58 bits per heavy atom. The zero-order chi connectivity index (χ0) is 23.0. The number of hydrogen-bond donors (Lipinski definition) is 1. The molecular formula is C29H35NO3. The standard InChI is InChI=1S/C29H35NO3/c1-3-21-8-10-23(11-9-21)14-17-26-29(24-15-12-22(4-2)13-16-24)27(31)19-28(30-26)33-20-25-7-5-6-18-32-25/h8-13,15-16,19,25H,3-7,14,17-18,20H2,1-2H3,(H,30,31). The van der Waals surface area contributed by atoms with Crippen LogP contribution in [-0.4, -0.2) is 24.3 Å². The molecule has 1 atom stereocenters. The number of rotatable bonds is 9. The molecule has 0 spiro atoms. The van der Waals surface area contributed by atoms with Gasteiger partial charge in [0.1, 0.15) is 6.61 Å². The quantitative estimate of drug-likeness (QED) is 0.446. The van der Waals surface area contributed by atoms with Gasteiger partial charge >= 0.3 is 0 Å². The number of H-pyrrole nitrogens is 1. The second-order valence-corrected chi connectivity index (χ2v) is 8.87. The topological polar surface area (TPSA) is 51.3 Å². The van der Waals surface area contributed by atoms with E-state index < -0.39 is 0 Å². The summed E-state index contributed by atoms with van der Waals surface area (Å²) >= 11 is 0. The Balaban J connectivity index is 1.59. The van der Waals surface area contributed by atoms with E-state index in [1.807, 2.05) is 0 Å². The van der Waals surface area contributed by atoms with Crippen LogP contribution in [0, 0.1) is 0 Å². The minimum atomic E-state index is -0.00566. The maximum atomic E-state index is 13.2. The highest BCUT2D eigenvalue weighted by Gasteiger charge is 2.17. The summed E-state index contributed by atoms with van der Waals surface area (Å²) in [5.41, 5.74) is 6.47. The van der Waals surface area contributed by atoms with Crippen LogP contribution in [0.2, 0.25) is 0 Å². The molecule has 0 amide bonds. The first-order chi connectivity index (χ1) is 16.2. The Bertz CT molecular complexity index is 1080. The normalized spacial score (nSPS) is 16.0. The van der Waals surface area contributed by atoms with Gasteiger partial charge in [0.2, 0.25) is 0 Å². The summed E-state index contributed by atoms with van der Waals surface area (Å²) in [5.74, 6) is 0.527. The first kappa shape index (κ1) is 23.3. The van der Waals surface area contributed by atoms with Crippen LogP contribution in [0.1, 0.15) is 55.5 Å². The van der Waals surface area contributed by atoms with E-state index in [0.717, 1.165) is 62.0 Å². The van der Waals surface area contributed by atoms with E-state index in [1.54, 1.807) is 6.07 Å². The molecule has 1 unspecified atom stereocenters. The van der Waals surface area contributed by atoms with Crippen molar-refractivity contribution in [3.63, 3.8) is 0 Å². The highest BCUT2D eigenvalue weighted by Crippen LogP contribution is 2.24. The second kappa shape index (κ2) is 11.3. The lowest BCUT2D eigenvalue weighted by Crippen LogP contribution is -2.26. The lowest BCUT2D eigenvalue weighted by molar-refractivity contribution is -0.0119. The Hall–Kier alpha value is -2.85. The molecule has 174 valence electrons. The zero-order valence-corrected chi connectivity index (χ0v) is 19.9. The van der Waals surface area contributed by atoms with Crippen LogP contribution in [-0.2, 0) is 30.4 Å². The van der Waals surface area contributed by atoms with Gasteiger partial charge in [-0.25, -0.2) is 0 Å². The number of hydrogen-bond acceptors (Lipinski definition) is 3. The molecule has 0 saturated carbocycles. The lowest BCUT2D eigenvalue weighted by atomic mass is 9.97. The average Bonchev–Trinajstić information content (AvgIpc) is 2.87. The third kappa shape index (κ3) is 6.14. The van der Waals surface area contributed by atoms with Crippen LogP contribution in [0.5, 0.6) is 5.88 Å². The summed E-state index contributed by atoms with van der Waals surface area (Å²) in [6, 6.07) is 18.7. The van der Waals surface area contributed by atoms with E-state index in [-0.39, 0.29) is 11.5 Å². The fourth-order valence-electron chi connectivity index (χ4n) is 4.41. The van der Waals surface area contributed by atoms with Crippen molar-refractivity contribution in [1.82, 2.24) is 4.98 Å². The van der Waals surface area contributed by atoms with Crippen molar-refractivity contribution in [1.29, 1.82) is 0 Å². The second-order valence-electron chi connectivity index (χ2n) is 8.87. The fraction of sp³-hybridized carbons (Fsp3) is 0.414. The van der Waals surface area contributed by atoms with E-state index in [4.69, 9.17) is 9.47 Å². The number of nitrogens with one attached hydrogen (secondary N) is 1. The van der Waals surface area contributed by atoms with Crippen molar-refractivity contribution in [3.05, 3.63) is 87.2 Å². The summed E-state index contributed by atoms with van der Waals surface area (Å²) < 4.78 is 11.8. The van der Waals surface area contributed by atoms with Gasteiger partial charge in [0.05, 0.1) is 6.10 Å². The van der Waals surface area contributed by atoms with E-state index in [9.17, 15) is 4.79 Å². The molecule has 1 N–H and O–H groups in total. The van der Waals surface area contributed by atoms with Gasteiger partial charge in [-0.2, -0.15) is 0 Å². The molecule has 1 aromatic heterocycles. The number of aromatic amines is 1. The minimum absolute atomic E-state index is 0.00566. The van der Waals surface area contributed by atoms with Crippen molar-refractivity contribution < 1.29 is 9.47 Å². The molecule has 1 aliphatic rings. The SMILES string of the molecule is CCc1ccc(CCc2[nH]c(OCC3CCCCO3)cc(=O)c2-c2ccc(CC)cc2)cc1. The molecule has 2 heterocycles. The molecule has 0 radical (unpaired) electrons. The number of ether oxygens (including phenoxy) is 2. The lowest BCUT2D eigenvalue weighted by Gasteiger charge is -2.22. The number of aryl methyl sites for hydroxylation is 4. The highest BCUT2D eigenvalue weighted by molar-refractivity contribution is 5.66. The van der Waals surface area contributed by atoms with E-state index in [2.05, 4.69) is 67.4 Å². The molecule has 2 aromatic carbocycles. The Morgan fingerprint density at radius 3 is 2.21 bits per heavy atom. The Labute approximate surface area is 197 Å². The third-order valence-corrected chi connectivity index (χ3v) is 6.53. The van der Waals surface area contributed by atoms with Crippen molar-refractivity contribution in [2.45, 2.75) is 64.9 Å². The molecular weight excluding hydrogens is 410 g/mol. The van der Waals surface area contributed by atoms with Gasteiger partial charge in [0, 0.05) is 23.9 Å². The number of aromatic nitrogens is 1. The van der Waals surface area contributed by atoms with Gasteiger partial charge < -0.3 is 14.5 Å². The van der Waals surface area contributed by atoms with Crippen LogP contribution >= 0.6 is 0 Å². The van der Waals surface area contributed by atoms with Crippen LogP contribution in [0.15, 0.2) is 59.4 Å². The molecule has 1 saturated heterocycles. The first-order valence-corrected chi connectivity index (χ1v) is 12.3. The largest absolute Gasteiger partial charge is 0.476 e. The van der Waals surface area contributed by atoms with Crippen molar-refractivity contribution in [2.75, 3.05) is 13.2 Å². The maximum Gasteiger partial charge on any atom is 0.194 e. The first-order valence-electron chi connectivity index (χ1n) is 12.3. The van der Waals surface area contributed by atoms with Crippen LogP contribution in [0.4, 0.5) is 0 Å². The third-order valence-electron chi connectivity index (χ3n) is 6.53. The smallest absolute Gasteiger partial charge is 0.194 e. The fourth-order valence-corrected chi connectivity index (χ4v) is 4.41. The molecule has 0 bridgehead atoms. The number of benzene rings is 2. The van der Waals surface area contributed by atoms with Crippen molar-refractivity contribution >= 4 is 0 Å². The molecule has 0 aliphatic carbocycles. The summed E-state index contributed by atoms with van der Waals surface area (Å²) in [7, 11) is 0. The van der Waals surface area contributed by atoms with Gasteiger partial charge in [-0.15, -0.1) is 0 Å². The maximum absolute atomic E-state index is 13.2. The molecule has 4 heteroatoms. The van der Waals surface area contributed by atoms with Gasteiger partial charge in [0.25, 0.3) is 0 Å². The van der Waals surface area contributed by atoms with Gasteiger partial charge in [-0.05, 0) is 67.2 Å². The summed E-state index contributed by atoms with van der Waals surface area (Å²) in [4.78, 5) is 16.7.